The van der Waals surface area contributed by atoms with Crippen LogP contribution in [0.5, 0.6) is 0 Å². The Labute approximate surface area is 162 Å². The lowest BCUT2D eigenvalue weighted by Gasteiger charge is -2.25. The molecule has 8 nitrogen and oxygen atoms in total. The number of carboxylic acids is 1. The number of rotatable bonds is 7. The zero-order chi connectivity index (χ0) is 19.5. The number of halogens is 2. The molecule has 26 heavy (non-hydrogen) atoms. The van der Waals surface area contributed by atoms with Crippen molar-refractivity contribution in [2.75, 3.05) is 10.8 Å². The van der Waals surface area contributed by atoms with Gasteiger partial charge in [0.1, 0.15) is 0 Å². The molecule has 0 aromatic heterocycles. The Kier molecular flexibility index (Phi) is 6.21. The fourth-order valence-electron chi connectivity index (χ4n) is 2.14. The van der Waals surface area contributed by atoms with Gasteiger partial charge in [-0.05, 0) is 24.3 Å². The summed E-state index contributed by atoms with van der Waals surface area (Å²) in [5, 5.41) is 19.9. The van der Waals surface area contributed by atoms with E-state index in [1.807, 2.05) is 0 Å². The van der Waals surface area contributed by atoms with Gasteiger partial charge >= 0.3 is 5.97 Å². The zero-order valence-electron chi connectivity index (χ0n) is 13.0. The number of nitrogens with zero attached hydrogens (tertiary/aromatic N) is 2. The van der Waals surface area contributed by atoms with Crippen molar-refractivity contribution in [3.05, 3.63) is 62.1 Å². The zero-order valence-corrected chi connectivity index (χ0v) is 16.2. The Morgan fingerprint density at radius 3 is 2.54 bits per heavy atom. The first-order valence-electron chi connectivity index (χ1n) is 7.07. The van der Waals surface area contributed by atoms with Crippen molar-refractivity contribution in [2.24, 2.45) is 0 Å². The number of non-ortho nitro benzene ring substituents is 1. The lowest BCUT2D eigenvalue weighted by molar-refractivity contribution is -0.385. The first kappa shape index (κ1) is 20.1. The minimum absolute atomic E-state index is 0.0719. The molecule has 2 aromatic rings. The smallest absolute Gasteiger partial charge is 0.305 e. The highest BCUT2D eigenvalue weighted by Crippen LogP contribution is 2.33. The van der Waals surface area contributed by atoms with Gasteiger partial charge in [0.15, 0.2) is 0 Å². The molecule has 0 aliphatic heterocycles. The van der Waals surface area contributed by atoms with Crippen LogP contribution in [-0.4, -0.2) is 31.0 Å². The summed E-state index contributed by atoms with van der Waals surface area (Å²) in [5.41, 5.74) is -0.325. The summed E-state index contributed by atoms with van der Waals surface area (Å²) < 4.78 is 27.4. The van der Waals surface area contributed by atoms with Gasteiger partial charge in [-0.2, -0.15) is 0 Å². The molecule has 0 amide bonds. The molecule has 0 heterocycles. The third-order valence-corrected chi connectivity index (χ3v) is 5.93. The number of sulfonamides is 1. The number of nitro groups is 1. The molecule has 2 rings (SSSR count). The van der Waals surface area contributed by atoms with Gasteiger partial charge in [0, 0.05) is 23.2 Å². The van der Waals surface area contributed by atoms with Crippen LogP contribution in [0.4, 0.5) is 11.4 Å². The minimum atomic E-state index is -4.28. The summed E-state index contributed by atoms with van der Waals surface area (Å²) in [7, 11) is -4.28. The summed E-state index contributed by atoms with van der Waals surface area (Å²) in [6.07, 6.45) is -0.472. The van der Waals surface area contributed by atoms with Crippen LogP contribution >= 0.6 is 27.5 Å². The number of aliphatic carboxylic acids is 1. The van der Waals surface area contributed by atoms with Gasteiger partial charge in [-0.25, -0.2) is 8.42 Å². The maximum absolute atomic E-state index is 13.0. The Hall–Kier alpha value is -2.17. The number of nitro benzene ring substituents is 1. The molecule has 0 aliphatic carbocycles. The van der Waals surface area contributed by atoms with Crippen LogP contribution in [0.1, 0.15) is 6.42 Å². The Morgan fingerprint density at radius 1 is 1.27 bits per heavy atom. The summed E-state index contributed by atoms with van der Waals surface area (Å²) in [6, 6.07) is 8.95. The van der Waals surface area contributed by atoms with Crippen LogP contribution in [-0.2, 0) is 14.8 Å². The topological polar surface area (TPSA) is 118 Å². The number of benzene rings is 2. The molecule has 0 fully saturated rings. The van der Waals surface area contributed by atoms with Gasteiger partial charge in [-0.3, -0.25) is 19.2 Å². The Balaban J connectivity index is 2.57. The largest absolute Gasteiger partial charge is 0.481 e. The number of hydrogen-bond acceptors (Lipinski definition) is 5. The standard InChI is InChI=1S/C15H12BrClN2O6S/c16-10-4-5-14(13(17)8-10)18(7-6-15(20)21)26(24,25)12-3-1-2-11(9-12)19(22)23/h1-5,8-9H,6-7H2,(H,20,21). The predicted molar refractivity (Wildman–Crippen MR) is 99.0 cm³/mol. The number of anilines is 1. The molecule has 1 N–H and O–H groups in total. The molecule has 0 atom stereocenters. The highest BCUT2D eigenvalue weighted by molar-refractivity contribution is 9.10. The molecule has 0 unspecified atom stereocenters. The van der Waals surface area contributed by atoms with Crippen molar-refractivity contribution in [3.8, 4) is 0 Å². The Bertz CT molecular complexity index is 966. The molecule has 0 spiro atoms. The Morgan fingerprint density at radius 2 is 1.96 bits per heavy atom. The minimum Gasteiger partial charge on any atom is -0.481 e. The van der Waals surface area contributed by atoms with Crippen molar-refractivity contribution in [3.63, 3.8) is 0 Å². The molecule has 2 aromatic carbocycles. The normalized spacial score (nSPS) is 11.2. The lowest BCUT2D eigenvalue weighted by Crippen LogP contribution is -2.33. The van der Waals surface area contributed by atoms with E-state index in [0.29, 0.717) is 4.47 Å². The van der Waals surface area contributed by atoms with Crippen LogP contribution in [0.3, 0.4) is 0 Å². The molecule has 0 saturated heterocycles. The van der Waals surface area contributed by atoms with E-state index in [0.717, 1.165) is 16.4 Å². The van der Waals surface area contributed by atoms with E-state index in [1.165, 1.54) is 24.3 Å². The molecule has 0 radical (unpaired) electrons. The lowest BCUT2D eigenvalue weighted by atomic mass is 10.3. The molecule has 0 bridgehead atoms. The molecular weight excluding hydrogens is 452 g/mol. The second kappa shape index (κ2) is 8.02. The van der Waals surface area contributed by atoms with Crippen LogP contribution in [0.25, 0.3) is 0 Å². The fourth-order valence-corrected chi connectivity index (χ4v) is 4.49. The summed E-state index contributed by atoms with van der Waals surface area (Å²) in [5.74, 6) is -1.20. The van der Waals surface area contributed by atoms with E-state index in [4.69, 9.17) is 16.7 Å². The third-order valence-electron chi connectivity index (χ3n) is 3.32. The first-order chi connectivity index (χ1) is 12.1. The van der Waals surface area contributed by atoms with Crippen LogP contribution in [0.15, 0.2) is 51.8 Å². The third kappa shape index (κ3) is 4.51. The highest BCUT2D eigenvalue weighted by atomic mass is 79.9. The van der Waals surface area contributed by atoms with E-state index in [-0.39, 0.29) is 22.2 Å². The van der Waals surface area contributed by atoms with Crippen LogP contribution in [0.2, 0.25) is 5.02 Å². The summed E-state index contributed by atoms with van der Waals surface area (Å²) >= 11 is 9.33. The van der Waals surface area contributed by atoms with Gasteiger partial charge in [-0.1, -0.05) is 33.6 Å². The quantitative estimate of drug-likeness (QED) is 0.494. The molecule has 138 valence electrons. The van der Waals surface area contributed by atoms with Crippen molar-refractivity contribution < 1.29 is 23.2 Å². The van der Waals surface area contributed by atoms with Gasteiger partial charge in [0.2, 0.25) is 0 Å². The second-order valence-corrected chi connectivity index (χ2v) is 8.26. The molecule has 0 aliphatic rings. The van der Waals surface area contributed by atoms with Crippen LogP contribution < -0.4 is 4.31 Å². The number of carbonyl (C=O) groups is 1. The van der Waals surface area contributed by atoms with Crippen molar-refractivity contribution in [2.45, 2.75) is 11.3 Å². The second-order valence-electron chi connectivity index (χ2n) is 5.07. The monoisotopic (exact) mass is 462 g/mol. The van der Waals surface area contributed by atoms with E-state index in [2.05, 4.69) is 15.9 Å². The SMILES string of the molecule is O=C(O)CCN(c1ccc(Br)cc1Cl)S(=O)(=O)c1cccc([N+](=O)[O-])c1. The maximum Gasteiger partial charge on any atom is 0.305 e. The average molecular weight is 464 g/mol. The van der Waals surface area contributed by atoms with E-state index >= 15 is 0 Å². The molecule has 0 saturated carbocycles. The fraction of sp³-hybridized carbons (Fsp3) is 0.133. The van der Waals surface area contributed by atoms with Crippen molar-refractivity contribution in [1.29, 1.82) is 0 Å². The van der Waals surface area contributed by atoms with Gasteiger partial charge in [-0.15, -0.1) is 0 Å². The van der Waals surface area contributed by atoms with Gasteiger partial charge in [0.05, 0.1) is 26.9 Å². The predicted octanol–water partition coefficient (Wildman–Crippen LogP) is 3.68. The molecular formula is C15H12BrClN2O6S. The molecule has 11 heteroatoms. The number of carboxylic acid groups (broad SMARTS) is 1. The van der Waals surface area contributed by atoms with Gasteiger partial charge in [0.25, 0.3) is 15.7 Å². The maximum atomic E-state index is 13.0. The van der Waals surface area contributed by atoms with E-state index < -0.39 is 33.0 Å². The van der Waals surface area contributed by atoms with E-state index in [9.17, 15) is 23.3 Å². The van der Waals surface area contributed by atoms with E-state index in [1.54, 1.807) is 6.07 Å². The van der Waals surface area contributed by atoms with Crippen LogP contribution in [0, 0.1) is 10.1 Å². The average Bonchev–Trinajstić information content (AvgIpc) is 2.56. The van der Waals surface area contributed by atoms with Crippen molar-refractivity contribution in [1.82, 2.24) is 0 Å². The number of hydrogen-bond donors (Lipinski definition) is 1. The first-order valence-corrected chi connectivity index (χ1v) is 9.68. The van der Waals surface area contributed by atoms with Crippen molar-refractivity contribution >= 4 is 54.9 Å². The summed E-state index contributed by atoms with van der Waals surface area (Å²) in [4.78, 5) is 20.8. The van der Waals surface area contributed by atoms with Gasteiger partial charge < -0.3 is 5.11 Å². The summed E-state index contributed by atoms with van der Waals surface area (Å²) in [6.45, 7) is -0.387. The highest BCUT2D eigenvalue weighted by Gasteiger charge is 2.28.